The van der Waals surface area contributed by atoms with Crippen molar-refractivity contribution in [3.63, 3.8) is 0 Å². The van der Waals surface area contributed by atoms with Gasteiger partial charge in [0.1, 0.15) is 0 Å². The number of rotatable bonds is 4. The topological polar surface area (TPSA) is 75.3 Å². The van der Waals surface area contributed by atoms with Crippen molar-refractivity contribution in [3.05, 3.63) is 0 Å². The second-order valence-corrected chi connectivity index (χ2v) is 4.05. The third-order valence-electron chi connectivity index (χ3n) is 2.46. The van der Waals surface area contributed by atoms with Gasteiger partial charge in [0, 0.05) is 18.5 Å². The van der Waals surface area contributed by atoms with Gasteiger partial charge in [-0.25, -0.2) is 0 Å². The molecule has 1 rings (SSSR count). The van der Waals surface area contributed by atoms with Crippen LogP contribution in [0.3, 0.4) is 0 Å². The molecule has 0 aromatic rings. The molecule has 0 bridgehead atoms. The molecule has 4 heteroatoms. The fourth-order valence-corrected chi connectivity index (χ4v) is 1.45. The summed E-state index contributed by atoms with van der Waals surface area (Å²) < 4.78 is 0. The Kier molecular flexibility index (Phi) is 3.27. The van der Waals surface area contributed by atoms with Gasteiger partial charge >= 0.3 is 0 Å². The minimum absolute atomic E-state index is 0.0527. The van der Waals surface area contributed by atoms with Crippen LogP contribution >= 0.6 is 0 Å². The Morgan fingerprint density at radius 3 is 2.69 bits per heavy atom. The highest BCUT2D eigenvalue weighted by molar-refractivity contribution is 5.77. The van der Waals surface area contributed by atoms with Gasteiger partial charge in [-0.1, -0.05) is 0 Å². The second-order valence-electron chi connectivity index (χ2n) is 4.05. The van der Waals surface area contributed by atoms with E-state index in [0.29, 0.717) is 13.0 Å². The predicted molar refractivity (Wildman–Crippen MR) is 50.1 cm³/mol. The summed E-state index contributed by atoms with van der Waals surface area (Å²) in [5.74, 6) is -0.0527. The molecule has 1 amide bonds. The summed E-state index contributed by atoms with van der Waals surface area (Å²) in [7, 11) is 0. The average molecular weight is 186 g/mol. The largest absolute Gasteiger partial charge is 0.392 e. The van der Waals surface area contributed by atoms with Crippen molar-refractivity contribution in [1.29, 1.82) is 0 Å². The SMILES string of the molecule is C[C@@H](O)CNC(=O)CC1(N)CCC1. The van der Waals surface area contributed by atoms with Gasteiger partial charge in [-0.05, 0) is 26.2 Å². The zero-order valence-corrected chi connectivity index (χ0v) is 8.05. The molecule has 0 saturated heterocycles. The van der Waals surface area contributed by atoms with E-state index in [2.05, 4.69) is 5.32 Å². The lowest BCUT2D eigenvalue weighted by Gasteiger charge is -2.37. The number of hydrogen-bond donors (Lipinski definition) is 3. The van der Waals surface area contributed by atoms with Gasteiger partial charge in [-0.15, -0.1) is 0 Å². The summed E-state index contributed by atoms with van der Waals surface area (Å²) >= 11 is 0. The number of amides is 1. The molecule has 0 unspecified atom stereocenters. The highest BCUT2D eigenvalue weighted by atomic mass is 16.3. The van der Waals surface area contributed by atoms with Crippen LogP contribution in [0.25, 0.3) is 0 Å². The number of carbonyl (C=O) groups excluding carboxylic acids is 1. The van der Waals surface area contributed by atoms with Crippen molar-refractivity contribution in [2.45, 2.75) is 44.2 Å². The molecule has 76 valence electrons. The van der Waals surface area contributed by atoms with Crippen LogP contribution in [0.15, 0.2) is 0 Å². The number of nitrogens with one attached hydrogen (secondary N) is 1. The molecule has 4 nitrogen and oxygen atoms in total. The Labute approximate surface area is 78.5 Å². The number of aliphatic hydroxyl groups excluding tert-OH is 1. The quantitative estimate of drug-likeness (QED) is 0.567. The monoisotopic (exact) mass is 186 g/mol. The van der Waals surface area contributed by atoms with Crippen LogP contribution in [0.4, 0.5) is 0 Å². The minimum atomic E-state index is -0.487. The van der Waals surface area contributed by atoms with Gasteiger partial charge in [-0.3, -0.25) is 4.79 Å². The number of hydrogen-bond acceptors (Lipinski definition) is 3. The van der Waals surface area contributed by atoms with Crippen molar-refractivity contribution in [1.82, 2.24) is 5.32 Å². The van der Waals surface area contributed by atoms with Crippen molar-refractivity contribution >= 4 is 5.91 Å². The molecule has 0 spiro atoms. The molecule has 0 radical (unpaired) electrons. The lowest BCUT2D eigenvalue weighted by atomic mass is 9.75. The van der Waals surface area contributed by atoms with E-state index >= 15 is 0 Å². The Balaban J connectivity index is 2.17. The van der Waals surface area contributed by atoms with Crippen LogP contribution in [-0.2, 0) is 4.79 Å². The lowest BCUT2D eigenvalue weighted by molar-refractivity contribution is -0.123. The third-order valence-corrected chi connectivity index (χ3v) is 2.46. The summed E-state index contributed by atoms with van der Waals surface area (Å²) in [6.07, 6.45) is 2.91. The molecule has 4 N–H and O–H groups in total. The summed E-state index contributed by atoms with van der Waals surface area (Å²) in [4.78, 5) is 11.3. The van der Waals surface area contributed by atoms with E-state index in [1.54, 1.807) is 6.92 Å². The number of carbonyl (C=O) groups is 1. The first-order chi connectivity index (χ1) is 6.02. The molecule has 1 aliphatic rings. The molecule has 0 aromatic carbocycles. The maximum absolute atomic E-state index is 11.3. The van der Waals surface area contributed by atoms with Gasteiger partial charge in [0.25, 0.3) is 0 Å². The van der Waals surface area contributed by atoms with Crippen molar-refractivity contribution in [2.75, 3.05) is 6.54 Å². The first-order valence-electron chi connectivity index (χ1n) is 4.75. The molecule has 1 aliphatic carbocycles. The summed E-state index contributed by atoms with van der Waals surface area (Å²) in [6.45, 7) is 1.96. The second kappa shape index (κ2) is 4.07. The Hall–Kier alpha value is -0.610. The maximum atomic E-state index is 11.3. The lowest BCUT2D eigenvalue weighted by Crippen LogP contribution is -2.50. The van der Waals surface area contributed by atoms with E-state index < -0.39 is 6.10 Å². The zero-order chi connectivity index (χ0) is 9.90. The van der Waals surface area contributed by atoms with E-state index in [-0.39, 0.29) is 11.4 Å². The van der Waals surface area contributed by atoms with Crippen LogP contribution in [-0.4, -0.2) is 29.2 Å². The van der Waals surface area contributed by atoms with Crippen LogP contribution < -0.4 is 11.1 Å². The molecule has 1 atom stereocenters. The van der Waals surface area contributed by atoms with E-state index in [4.69, 9.17) is 10.8 Å². The standard InChI is InChI=1S/C9H18N2O2/c1-7(12)6-11-8(13)5-9(10)3-2-4-9/h7,12H,2-6,10H2,1H3,(H,11,13)/t7-/m1/s1. The van der Waals surface area contributed by atoms with Crippen LogP contribution in [0, 0.1) is 0 Å². The molecule has 1 fully saturated rings. The summed E-state index contributed by atoms with van der Waals surface area (Å²) in [5.41, 5.74) is 5.63. The number of nitrogens with two attached hydrogens (primary N) is 1. The van der Waals surface area contributed by atoms with Crippen LogP contribution in [0.2, 0.25) is 0 Å². The first-order valence-corrected chi connectivity index (χ1v) is 4.75. The van der Waals surface area contributed by atoms with Crippen LogP contribution in [0.5, 0.6) is 0 Å². The van der Waals surface area contributed by atoms with E-state index in [0.717, 1.165) is 19.3 Å². The molecule has 1 saturated carbocycles. The smallest absolute Gasteiger partial charge is 0.221 e. The van der Waals surface area contributed by atoms with E-state index in [9.17, 15) is 4.79 Å². The van der Waals surface area contributed by atoms with Gasteiger partial charge in [-0.2, -0.15) is 0 Å². The van der Waals surface area contributed by atoms with Crippen molar-refractivity contribution in [2.24, 2.45) is 5.73 Å². The predicted octanol–water partition coefficient (Wildman–Crippen LogP) is -0.245. The third kappa shape index (κ3) is 3.32. The molecule has 13 heavy (non-hydrogen) atoms. The van der Waals surface area contributed by atoms with Crippen molar-refractivity contribution < 1.29 is 9.90 Å². The molecule has 0 aliphatic heterocycles. The highest BCUT2D eigenvalue weighted by Gasteiger charge is 2.34. The van der Waals surface area contributed by atoms with E-state index in [1.807, 2.05) is 0 Å². The summed E-state index contributed by atoms with van der Waals surface area (Å²) in [5, 5.41) is 11.6. The van der Waals surface area contributed by atoms with Crippen molar-refractivity contribution in [3.8, 4) is 0 Å². The van der Waals surface area contributed by atoms with Gasteiger partial charge in [0.15, 0.2) is 0 Å². The highest BCUT2D eigenvalue weighted by Crippen LogP contribution is 2.31. The Morgan fingerprint density at radius 1 is 1.69 bits per heavy atom. The maximum Gasteiger partial charge on any atom is 0.221 e. The molecule has 0 heterocycles. The first kappa shape index (κ1) is 10.5. The van der Waals surface area contributed by atoms with E-state index in [1.165, 1.54) is 0 Å². The molecular formula is C9H18N2O2. The van der Waals surface area contributed by atoms with Gasteiger partial charge in [0.2, 0.25) is 5.91 Å². The number of aliphatic hydroxyl groups is 1. The zero-order valence-electron chi connectivity index (χ0n) is 8.05. The average Bonchev–Trinajstić information content (AvgIpc) is 1.98. The Bertz CT molecular complexity index is 188. The molecular weight excluding hydrogens is 168 g/mol. The fourth-order valence-electron chi connectivity index (χ4n) is 1.45. The van der Waals surface area contributed by atoms with Crippen LogP contribution in [0.1, 0.15) is 32.6 Å². The van der Waals surface area contributed by atoms with Gasteiger partial charge < -0.3 is 16.2 Å². The van der Waals surface area contributed by atoms with Gasteiger partial charge in [0.05, 0.1) is 6.10 Å². The minimum Gasteiger partial charge on any atom is -0.392 e. The Morgan fingerprint density at radius 2 is 2.31 bits per heavy atom. The fraction of sp³-hybridized carbons (Fsp3) is 0.889. The normalized spacial score (nSPS) is 21.8. The molecule has 0 aromatic heterocycles. The summed E-state index contributed by atoms with van der Waals surface area (Å²) in [6, 6.07) is 0.